The summed E-state index contributed by atoms with van der Waals surface area (Å²) >= 11 is 0. The molecule has 0 bridgehead atoms. The first-order valence-electron chi connectivity index (χ1n) is 13.2. The van der Waals surface area contributed by atoms with Crippen LogP contribution in [0.2, 0.25) is 0 Å². The fourth-order valence-corrected chi connectivity index (χ4v) is 9.38. The predicted molar refractivity (Wildman–Crippen MR) is 131 cm³/mol. The molecule has 0 aliphatic heterocycles. The molecule has 31 heavy (non-hydrogen) atoms. The summed E-state index contributed by atoms with van der Waals surface area (Å²) < 4.78 is 5.65. The van der Waals surface area contributed by atoms with Gasteiger partial charge in [-0.3, -0.25) is 5.50 Å². The van der Waals surface area contributed by atoms with Gasteiger partial charge in [0.1, 0.15) is 0 Å². The smallest absolute Gasteiger partial charge is 0.250 e. The van der Waals surface area contributed by atoms with Crippen molar-refractivity contribution in [1.82, 2.24) is 0 Å². The predicted octanol–water partition coefficient (Wildman–Crippen LogP) is 7.59. The average Bonchev–Trinajstić information content (AvgIpc) is 3.05. The van der Waals surface area contributed by atoms with Crippen molar-refractivity contribution in [2.75, 3.05) is 0 Å². The molecule has 3 N–H and O–H groups in total. The van der Waals surface area contributed by atoms with E-state index in [-0.39, 0.29) is 6.10 Å². The second-order valence-corrected chi connectivity index (χ2v) is 13.4. The van der Waals surface area contributed by atoms with Crippen molar-refractivity contribution in [2.45, 2.75) is 111 Å². The van der Waals surface area contributed by atoms with E-state index in [4.69, 9.17) is 10.0 Å². The lowest BCUT2D eigenvalue weighted by atomic mass is 9.47. The van der Waals surface area contributed by atoms with E-state index in [1.54, 1.807) is 5.57 Å². The van der Waals surface area contributed by atoms with Gasteiger partial charge in [-0.2, -0.15) is 0 Å². The van der Waals surface area contributed by atoms with Crippen LogP contribution in [-0.2, 0) is 4.52 Å². The molecule has 3 nitrogen and oxygen atoms in total. The van der Waals surface area contributed by atoms with Gasteiger partial charge in [-0.15, -0.1) is 0 Å². The van der Waals surface area contributed by atoms with Gasteiger partial charge in [0.05, 0.1) is 6.10 Å². The maximum Gasteiger partial charge on any atom is 0.250 e. The number of nitrogens with two attached hydrogens (primary N) is 1. The van der Waals surface area contributed by atoms with Gasteiger partial charge in [-0.25, -0.2) is 0 Å². The Morgan fingerprint density at radius 1 is 1.10 bits per heavy atom. The zero-order valence-electron chi connectivity index (χ0n) is 20.8. The second kappa shape index (κ2) is 9.36. The number of allylic oxidation sites excluding steroid dienone is 1. The first-order chi connectivity index (χ1) is 14.6. The van der Waals surface area contributed by atoms with E-state index in [1.807, 2.05) is 0 Å². The molecule has 4 heteroatoms. The first kappa shape index (κ1) is 24.2. The molecule has 4 aliphatic carbocycles. The minimum absolute atomic E-state index is 0.119. The van der Waals surface area contributed by atoms with Gasteiger partial charge >= 0.3 is 0 Å². The lowest BCUT2D eigenvalue weighted by Gasteiger charge is -2.58. The summed E-state index contributed by atoms with van der Waals surface area (Å²) in [6.45, 7) is 12.5. The number of fused-ring (bicyclic) bond motifs is 5. The molecule has 2 unspecified atom stereocenters. The van der Waals surface area contributed by atoms with E-state index in [2.05, 4.69) is 40.7 Å². The fraction of sp³-hybridized carbons (Fsp3) is 0.926. The number of hydrogen-bond donors (Lipinski definition) is 2. The van der Waals surface area contributed by atoms with Crippen molar-refractivity contribution >= 4 is 8.53 Å². The van der Waals surface area contributed by atoms with Crippen molar-refractivity contribution in [3.05, 3.63) is 11.6 Å². The zero-order valence-corrected chi connectivity index (χ0v) is 21.7. The Labute approximate surface area is 192 Å². The average molecular weight is 450 g/mol. The largest absolute Gasteiger partial charge is 0.338 e. The third-order valence-corrected chi connectivity index (χ3v) is 11.0. The van der Waals surface area contributed by atoms with Gasteiger partial charge in [-0.05, 0) is 97.7 Å². The topological polar surface area (TPSA) is 55.5 Å². The van der Waals surface area contributed by atoms with Crippen molar-refractivity contribution in [3.63, 3.8) is 0 Å². The Balaban J connectivity index is 1.46. The van der Waals surface area contributed by atoms with Gasteiger partial charge in [0.2, 0.25) is 8.53 Å². The van der Waals surface area contributed by atoms with Crippen molar-refractivity contribution < 1.29 is 9.42 Å². The lowest BCUT2D eigenvalue weighted by molar-refractivity contribution is -0.0558. The number of hydrogen-bond acceptors (Lipinski definition) is 3. The summed E-state index contributed by atoms with van der Waals surface area (Å²) in [6.07, 6.45) is 17.2. The van der Waals surface area contributed by atoms with Crippen molar-refractivity contribution in [1.29, 1.82) is 0 Å². The minimum Gasteiger partial charge on any atom is -0.338 e. The minimum atomic E-state index is -1.74. The normalized spacial score (nSPS) is 44.3. The third kappa shape index (κ3) is 4.55. The highest BCUT2D eigenvalue weighted by atomic mass is 31.2. The van der Waals surface area contributed by atoms with Crippen molar-refractivity contribution in [2.24, 2.45) is 51.8 Å². The van der Waals surface area contributed by atoms with Crippen LogP contribution in [0.25, 0.3) is 0 Å². The van der Waals surface area contributed by atoms with Crippen LogP contribution in [0.1, 0.15) is 105 Å². The standard InChI is InChI=1S/C27H48NO2P/c1-18(2)7-6-8-19(3)23-11-12-24-22-10-9-20-17-21(30-31(28)29)13-15-26(20,4)25(22)14-16-27(23,24)5/h9,18-19,21-25,29H,6-8,10-17,28H2,1-5H3/t19?,21-,22-,23+,24-,25-,26-,27+,31?/m0/s1. The first-order valence-corrected chi connectivity index (χ1v) is 14.5. The molecule has 0 saturated heterocycles. The molecule has 3 fully saturated rings. The Bertz CT molecular complexity index is 664. The molecular weight excluding hydrogens is 401 g/mol. The summed E-state index contributed by atoms with van der Waals surface area (Å²) in [6, 6.07) is 0. The molecule has 0 heterocycles. The van der Waals surface area contributed by atoms with Gasteiger partial charge in [0.25, 0.3) is 0 Å². The second-order valence-electron chi connectivity index (χ2n) is 12.6. The van der Waals surface area contributed by atoms with Gasteiger partial charge in [0.15, 0.2) is 0 Å². The third-order valence-electron chi connectivity index (χ3n) is 10.5. The molecule has 4 rings (SSSR count). The van der Waals surface area contributed by atoms with Crippen LogP contribution in [-0.4, -0.2) is 11.0 Å². The maximum atomic E-state index is 9.53. The van der Waals surface area contributed by atoms with Gasteiger partial charge < -0.3 is 9.42 Å². The molecule has 0 amide bonds. The van der Waals surface area contributed by atoms with E-state index in [0.717, 1.165) is 48.3 Å². The summed E-state index contributed by atoms with van der Waals surface area (Å²) in [7, 11) is -1.74. The molecule has 3 saturated carbocycles. The molecule has 0 aromatic rings. The Kier molecular flexibility index (Phi) is 7.30. The van der Waals surface area contributed by atoms with Crippen LogP contribution in [0.4, 0.5) is 0 Å². The Hall–Kier alpha value is 0.0500. The van der Waals surface area contributed by atoms with Crippen LogP contribution in [0.3, 0.4) is 0 Å². The lowest BCUT2D eigenvalue weighted by Crippen LogP contribution is -2.51. The summed E-state index contributed by atoms with van der Waals surface area (Å²) in [5, 5.41) is 0. The van der Waals surface area contributed by atoms with Crippen LogP contribution >= 0.6 is 8.53 Å². The Morgan fingerprint density at radius 3 is 2.58 bits per heavy atom. The Morgan fingerprint density at radius 2 is 1.87 bits per heavy atom. The van der Waals surface area contributed by atoms with E-state index in [1.165, 1.54) is 57.8 Å². The van der Waals surface area contributed by atoms with Crippen LogP contribution in [0.5, 0.6) is 0 Å². The molecule has 0 aromatic carbocycles. The zero-order chi connectivity index (χ0) is 22.4. The summed E-state index contributed by atoms with van der Waals surface area (Å²) in [4.78, 5) is 9.53. The summed E-state index contributed by atoms with van der Waals surface area (Å²) in [5.74, 6) is 5.29. The highest BCUT2D eigenvalue weighted by molar-refractivity contribution is 7.43. The van der Waals surface area contributed by atoms with Gasteiger partial charge in [-0.1, -0.05) is 65.5 Å². The highest BCUT2D eigenvalue weighted by Gasteiger charge is 2.59. The monoisotopic (exact) mass is 449 g/mol. The molecule has 9 atom stereocenters. The van der Waals surface area contributed by atoms with Crippen LogP contribution in [0, 0.1) is 46.3 Å². The van der Waals surface area contributed by atoms with Gasteiger partial charge in [0, 0.05) is 0 Å². The molecular formula is C27H48NO2P. The fourth-order valence-electron chi connectivity index (χ4n) is 8.89. The molecule has 0 radical (unpaired) electrons. The maximum absolute atomic E-state index is 9.53. The molecule has 178 valence electrons. The highest BCUT2D eigenvalue weighted by Crippen LogP contribution is 2.67. The van der Waals surface area contributed by atoms with E-state index in [9.17, 15) is 4.89 Å². The SMILES string of the molecule is CC(C)CCCC(C)[C@H]1CC[C@H]2[C@@H]3CC=C4C[C@@H](OP(N)O)CC[C@]4(C)[C@H]3CC[C@]12C. The van der Waals surface area contributed by atoms with Crippen LogP contribution in [0.15, 0.2) is 11.6 Å². The summed E-state index contributed by atoms with van der Waals surface area (Å²) in [5.41, 5.74) is 8.08. The van der Waals surface area contributed by atoms with Crippen LogP contribution < -0.4 is 5.50 Å². The number of rotatable bonds is 7. The molecule has 0 aromatic heterocycles. The van der Waals surface area contributed by atoms with Crippen molar-refractivity contribution in [3.8, 4) is 0 Å². The van der Waals surface area contributed by atoms with E-state index < -0.39 is 8.53 Å². The quantitative estimate of drug-likeness (QED) is 0.311. The van der Waals surface area contributed by atoms with E-state index in [0.29, 0.717) is 10.8 Å². The molecule has 0 spiro atoms. The van der Waals surface area contributed by atoms with E-state index >= 15 is 0 Å². The molecule has 4 aliphatic rings.